The van der Waals surface area contributed by atoms with Crippen LogP contribution >= 0.6 is 0 Å². The number of benzene rings is 1. The van der Waals surface area contributed by atoms with Crippen LogP contribution in [0.3, 0.4) is 0 Å². The Hall–Kier alpha value is -2.63. The highest BCUT2D eigenvalue weighted by atomic mass is 16.5. The molecule has 3 aromatic rings. The van der Waals surface area contributed by atoms with E-state index in [1.54, 1.807) is 0 Å². The third-order valence-electron chi connectivity index (χ3n) is 3.74. The standard InChI is InChI=1S/C16H16N4O2/c1-10-14-15(17-9-18-16(14)22-20-10)19-12-4-6-13(7-5-12)21-8-11-2-3-11/h4-7,9,11H,2-3,8H2,1H3,(H,17,18,19). The van der Waals surface area contributed by atoms with Crippen LogP contribution in [0.2, 0.25) is 0 Å². The summed E-state index contributed by atoms with van der Waals surface area (Å²) in [5, 5.41) is 8.00. The van der Waals surface area contributed by atoms with Crippen molar-refractivity contribution in [2.75, 3.05) is 11.9 Å². The van der Waals surface area contributed by atoms with E-state index >= 15 is 0 Å². The number of aryl methyl sites for hydroxylation is 1. The Labute approximate surface area is 127 Å². The molecule has 6 heteroatoms. The van der Waals surface area contributed by atoms with Gasteiger partial charge < -0.3 is 14.6 Å². The molecule has 0 radical (unpaired) electrons. The number of nitrogens with one attached hydrogen (secondary N) is 1. The molecule has 112 valence electrons. The molecule has 1 aliphatic rings. The first-order chi connectivity index (χ1) is 10.8. The number of rotatable bonds is 5. The van der Waals surface area contributed by atoms with Crippen LogP contribution in [0.5, 0.6) is 5.75 Å². The van der Waals surface area contributed by atoms with E-state index in [0.29, 0.717) is 11.5 Å². The Morgan fingerprint density at radius 2 is 2.05 bits per heavy atom. The number of aromatic nitrogens is 3. The van der Waals surface area contributed by atoms with E-state index in [1.807, 2.05) is 31.2 Å². The van der Waals surface area contributed by atoms with Crippen molar-refractivity contribution in [3.8, 4) is 5.75 Å². The van der Waals surface area contributed by atoms with Crippen molar-refractivity contribution in [1.82, 2.24) is 15.1 Å². The zero-order chi connectivity index (χ0) is 14.9. The largest absolute Gasteiger partial charge is 0.493 e. The number of fused-ring (bicyclic) bond motifs is 1. The van der Waals surface area contributed by atoms with Gasteiger partial charge in [-0.3, -0.25) is 0 Å². The highest BCUT2D eigenvalue weighted by Crippen LogP contribution is 2.30. The summed E-state index contributed by atoms with van der Waals surface area (Å²) >= 11 is 0. The van der Waals surface area contributed by atoms with Gasteiger partial charge in [-0.25, -0.2) is 4.98 Å². The smallest absolute Gasteiger partial charge is 0.263 e. The average Bonchev–Trinajstić information content (AvgIpc) is 3.29. The number of ether oxygens (including phenoxy) is 1. The molecule has 1 N–H and O–H groups in total. The molecule has 0 unspecified atom stereocenters. The van der Waals surface area contributed by atoms with E-state index in [4.69, 9.17) is 9.26 Å². The van der Waals surface area contributed by atoms with Crippen LogP contribution < -0.4 is 10.1 Å². The number of hydrogen-bond acceptors (Lipinski definition) is 6. The fourth-order valence-corrected chi connectivity index (χ4v) is 2.29. The third kappa shape index (κ3) is 2.59. The molecule has 1 saturated carbocycles. The van der Waals surface area contributed by atoms with Gasteiger partial charge in [0.2, 0.25) is 0 Å². The second kappa shape index (κ2) is 5.29. The average molecular weight is 296 g/mol. The molecule has 6 nitrogen and oxygen atoms in total. The van der Waals surface area contributed by atoms with Crippen LogP contribution in [-0.4, -0.2) is 21.7 Å². The summed E-state index contributed by atoms with van der Waals surface area (Å²) in [6.45, 7) is 2.69. The lowest BCUT2D eigenvalue weighted by molar-refractivity contribution is 0.300. The molecule has 0 atom stereocenters. The summed E-state index contributed by atoms with van der Waals surface area (Å²) in [6, 6.07) is 7.87. The molecule has 1 aromatic carbocycles. The van der Waals surface area contributed by atoms with E-state index in [2.05, 4.69) is 20.4 Å². The van der Waals surface area contributed by atoms with E-state index in [1.165, 1.54) is 19.2 Å². The van der Waals surface area contributed by atoms with E-state index < -0.39 is 0 Å². The lowest BCUT2D eigenvalue weighted by Crippen LogP contribution is -1.99. The van der Waals surface area contributed by atoms with Crippen molar-refractivity contribution >= 4 is 22.6 Å². The van der Waals surface area contributed by atoms with Crippen LogP contribution in [0.15, 0.2) is 35.1 Å². The van der Waals surface area contributed by atoms with Crippen molar-refractivity contribution in [3.05, 3.63) is 36.3 Å². The molecule has 0 aliphatic heterocycles. The molecule has 2 heterocycles. The SMILES string of the molecule is Cc1noc2ncnc(Nc3ccc(OCC4CC4)cc3)c12. The maximum Gasteiger partial charge on any atom is 0.263 e. The number of hydrogen-bond donors (Lipinski definition) is 1. The summed E-state index contributed by atoms with van der Waals surface area (Å²) in [6.07, 6.45) is 4.05. The normalized spacial score (nSPS) is 14.2. The molecule has 4 rings (SSSR count). The van der Waals surface area contributed by atoms with Crippen molar-refractivity contribution in [2.24, 2.45) is 5.92 Å². The minimum absolute atomic E-state index is 0.486. The fraction of sp³-hybridized carbons (Fsp3) is 0.312. The molecule has 0 bridgehead atoms. The molecule has 2 aromatic heterocycles. The molecular formula is C16H16N4O2. The van der Waals surface area contributed by atoms with E-state index in [-0.39, 0.29) is 0 Å². The topological polar surface area (TPSA) is 73.1 Å². The molecule has 1 aliphatic carbocycles. The second-order valence-corrected chi connectivity index (χ2v) is 5.57. The van der Waals surface area contributed by atoms with Crippen molar-refractivity contribution in [1.29, 1.82) is 0 Å². The van der Waals surface area contributed by atoms with Crippen LogP contribution in [0.4, 0.5) is 11.5 Å². The molecule has 0 amide bonds. The molecule has 22 heavy (non-hydrogen) atoms. The van der Waals surface area contributed by atoms with E-state index in [0.717, 1.165) is 35.0 Å². The summed E-state index contributed by atoms with van der Waals surface area (Å²) < 4.78 is 10.9. The predicted octanol–water partition coefficient (Wildman–Crippen LogP) is 3.46. The van der Waals surface area contributed by atoms with Gasteiger partial charge in [0.15, 0.2) is 0 Å². The van der Waals surface area contributed by atoms with Gasteiger partial charge in [0.05, 0.1) is 12.3 Å². The maximum absolute atomic E-state index is 5.73. The Bertz CT molecular complexity index is 794. The highest BCUT2D eigenvalue weighted by molar-refractivity contribution is 5.89. The summed E-state index contributed by atoms with van der Waals surface area (Å²) in [7, 11) is 0. The zero-order valence-corrected chi connectivity index (χ0v) is 12.2. The number of anilines is 2. The Kier molecular flexibility index (Phi) is 3.14. The third-order valence-corrected chi connectivity index (χ3v) is 3.74. The quantitative estimate of drug-likeness (QED) is 0.777. The monoisotopic (exact) mass is 296 g/mol. The Morgan fingerprint density at radius 3 is 2.82 bits per heavy atom. The fourth-order valence-electron chi connectivity index (χ4n) is 2.29. The van der Waals surface area contributed by atoms with Crippen molar-refractivity contribution < 1.29 is 9.26 Å². The molecule has 0 spiro atoms. The summed E-state index contributed by atoms with van der Waals surface area (Å²) in [4.78, 5) is 8.34. The molecular weight excluding hydrogens is 280 g/mol. The lowest BCUT2D eigenvalue weighted by atomic mass is 10.2. The van der Waals surface area contributed by atoms with Crippen LogP contribution in [0.25, 0.3) is 11.1 Å². The van der Waals surface area contributed by atoms with Gasteiger partial charge in [-0.1, -0.05) is 5.16 Å². The first-order valence-corrected chi connectivity index (χ1v) is 7.36. The first kappa shape index (κ1) is 13.1. The van der Waals surface area contributed by atoms with Crippen LogP contribution in [0.1, 0.15) is 18.5 Å². The van der Waals surface area contributed by atoms with Gasteiger partial charge in [0.25, 0.3) is 5.71 Å². The van der Waals surface area contributed by atoms with Crippen molar-refractivity contribution in [3.63, 3.8) is 0 Å². The van der Waals surface area contributed by atoms with Gasteiger partial charge in [-0.05, 0) is 49.9 Å². The lowest BCUT2D eigenvalue weighted by Gasteiger charge is -2.08. The predicted molar refractivity (Wildman–Crippen MR) is 82.3 cm³/mol. The van der Waals surface area contributed by atoms with Crippen LogP contribution in [-0.2, 0) is 0 Å². The van der Waals surface area contributed by atoms with Gasteiger partial charge >= 0.3 is 0 Å². The number of nitrogens with zero attached hydrogens (tertiary/aromatic N) is 3. The zero-order valence-electron chi connectivity index (χ0n) is 12.2. The highest BCUT2D eigenvalue weighted by Gasteiger charge is 2.21. The van der Waals surface area contributed by atoms with Gasteiger partial charge in [0, 0.05) is 5.69 Å². The molecule has 0 saturated heterocycles. The Balaban J connectivity index is 1.53. The maximum atomic E-state index is 5.73. The van der Waals surface area contributed by atoms with Crippen molar-refractivity contribution in [2.45, 2.75) is 19.8 Å². The molecule has 1 fully saturated rings. The summed E-state index contributed by atoms with van der Waals surface area (Å²) in [5.41, 5.74) is 2.18. The summed E-state index contributed by atoms with van der Waals surface area (Å²) in [5.74, 6) is 2.34. The second-order valence-electron chi connectivity index (χ2n) is 5.57. The van der Waals surface area contributed by atoms with Crippen LogP contribution in [0, 0.1) is 12.8 Å². The first-order valence-electron chi connectivity index (χ1n) is 7.36. The minimum Gasteiger partial charge on any atom is -0.493 e. The van der Waals surface area contributed by atoms with E-state index in [9.17, 15) is 0 Å². The van der Waals surface area contributed by atoms with Gasteiger partial charge in [-0.15, -0.1) is 0 Å². The van der Waals surface area contributed by atoms with Gasteiger partial charge in [0.1, 0.15) is 23.3 Å². The van der Waals surface area contributed by atoms with Gasteiger partial charge in [-0.2, -0.15) is 4.98 Å². The minimum atomic E-state index is 0.486. The Morgan fingerprint density at radius 1 is 1.23 bits per heavy atom.